The Labute approximate surface area is 157 Å². The molecule has 1 aromatic carbocycles. The molecule has 1 unspecified atom stereocenters. The molecule has 1 heterocycles. The second kappa shape index (κ2) is 9.03. The Balaban J connectivity index is 1.78. The molecule has 0 aliphatic carbocycles. The maximum Gasteiger partial charge on any atom is 0.277 e. The first-order valence-corrected chi connectivity index (χ1v) is 9.07. The molecular formula is C17H18Br2N2O3. The van der Waals surface area contributed by atoms with Crippen LogP contribution in [0.5, 0.6) is 5.75 Å². The van der Waals surface area contributed by atoms with E-state index in [1.165, 1.54) is 11.8 Å². The minimum Gasteiger partial charge on any atom is -0.484 e. The van der Waals surface area contributed by atoms with Gasteiger partial charge >= 0.3 is 0 Å². The highest BCUT2D eigenvalue weighted by atomic mass is 79.9. The summed E-state index contributed by atoms with van der Waals surface area (Å²) < 4.78 is 12.1. The number of carbonyl (C=O) groups excluding carboxylic acids is 1. The molecule has 2 rings (SSSR count). The average molecular weight is 458 g/mol. The number of rotatable bonds is 7. The lowest BCUT2D eigenvalue weighted by atomic mass is 9.99. The zero-order valence-corrected chi connectivity index (χ0v) is 16.6. The lowest BCUT2D eigenvalue weighted by Gasteiger charge is -2.10. The quantitative estimate of drug-likeness (QED) is 0.477. The third-order valence-corrected chi connectivity index (χ3v) is 5.19. The molecule has 5 nitrogen and oxygen atoms in total. The van der Waals surface area contributed by atoms with Crippen molar-refractivity contribution in [3.8, 4) is 5.75 Å². The topological polar surface area (TPSA) is 63.8 Å². The Morgan fingerprint density at radius 2 is 2.08 bits per heavy atom. The van der Waals surface area contributed by atoms with Crippen LogP contribution in [0.1, 0.15) is 37.5 Å². The summed E-state index contributed by atoms with van der Waals surface area (Å²) in [6, 6.07) is 9.51. The van der Waals surface area contributed by atoms with Gasteiger partial charge in [0, 0.05) is 6.07 Å². The fourth-order valence-electron chi connectivity index (χ4n) is 1.90. The van der Waals surface area contributed by atoms with E-state index < -0.39 is 0 Å². The van der Waals surface area contributed by atoms with Crippen LogP contribution in [0.4, 0.5) is 0 Å². The standard InChI is InChI=1S/C17H18Br2N2O3/c1-3-11(2)12-4-6-13(7-5-12)23-10-16(22)21-20-9-14-8-15(18)17(19)24-14/h4-9,11H,3,10H2,1-2H3,(H,21,22)/b20-9-. The van der Waals surface area contributed by atoms with E-state index in [1.54, 1.807) is 6.07 Å². The Kier molecular flexibility index (Phi) is 7.05. The Hall–Kier alpha value is -1.60. The van der Waals surface area contributed by atoms with Gasteiger partial charge in [0.2, 0.25) is 0 Å². The molecule has 0 aliphatic rings. The normalized spacial score (nSPS) is 12.3. The number of benzene rings is 1. The van der Waals surface area contributed by atoms with Crippen molar-refractivity contribution in [2.24, 2.45) is 5.10 Å². The van der Waals surface area contributed by atoms with Crippen LogP contribution in [0.2, 0.25) is 0 Å². The van der Waals surface area contributed by atoms with Gasteiger partial charge in [-0.1, -0.05) is 26.0 Å². The van der Waals surface area contributed by atoms with Crippen molar-refractivity contribution >= 4 is 44.0 Å². The Morgan fingerprint density at radius 1 is 1.38 bits per heavy atom. The highest BCUT2D eigenvalue weighted by Crippen LogP contribution is 2.25. The van der Waals surface area contributed by atoms with Crippen LogP contribution in [0.25, 0.3) is 0 Å². The van der Waals surface area contributed by atoms with E-state index >= 15 is 0 Å². The van der Waals surface area contributed by atoms with Crippen LogP contribution in [0.15, 0.2) is 49.0 Å². The Morgan fingerprint density at radius 3 is 2.67 bits per heavy atom. The lowest BCUT2D eigenvalue weighted by molar-refractivity contribution is -0.123. The molecule has 1 atom stereocenters. The predicted molar refractivity (Wildman–Crippen MR) is 100 cm³/mol. The van der Waals surface area contributed by atoms with E-state index in [9.17, 15) is 4.79 Å². The largest absolute Gasteiger partial charge is 0.484 e. The summed E-state index contributed by atoms with van der Waals surface area (Å²) in [5.74, 6) is 1.33. The van der Waals surface area contributed by atoms with Gasteiger partial charge in [-0.25, -0.2) is 5.43 Å². The first kappa shape index (κ1) is 18.7. The number of nitrogens with zero attached hydrogens (tertiary/aromatic N) is 1. The minimum atomic E-state index is -0.345. The minimum absolute atomic E-state index is 0.106. The summed E-state index contributed by atoms with van der Waals surface area (Å²) in [5.41, 5.74) is 3.64. The van der Waals surface area contributed by atoms with Crippen molar-refractivity contribution in [2.45, 2.75) is 26.2 Å². The van der Waals surface area contributed by atoms with Crippen LogP contribution < -0.4 is 10.2 Å². The number of nitrogens with one attached hydrogen (secondary N) is 1. The molecule has 1 aromatic heterocycles. The molecule has 0 radical (unpaired) electrons. The zero-order valence-electron chi connectivity index (χ0n) is 13.4. The van der Waals surface area contributed by atoms with Gasteiger partial charge in [0.1, 0.15) is 11.5 Å². The molecular weight excluding hydrogens is 440 g/mol. The van der Waals surface area contributed by atoms with Crippen molar-refractivity contribution in [3.05, 3.63) is 50.8 Å². The summed E-state index contributed by atoms with van der Waals surface area (Å²) >= 11 is 6.52. The van der Waals surface area contributed by atoms with Gasteiger partial charge < -0.3 is 9.15 Å². The van der Waals surface area contributed by atoms with Crippen LogP contribution in [0, 0.1) is 0 Å². The molecule has 128 valence electrons. The number of furan rings is 1. The summed E-state index contributed by atoms with van der Waals surface area (Å²) in [6.07, 6.45) is 2.50. The van der Waals surface area contributed by atoms with E-state index in [4.69, 9.17) is 9.15 Å². The van der Waals surface area contributed by atoms with Gasteiger partial charge in [0.15, 0.2) is 11.3 Å². The lowest BCUT2D eigenvalue weighted by Crippen LogP contribution is -2.24. The van der Waals surface area contributed by atoms with Crippen LogP contribution in [-0.4, -0.2) is 18.7 Å². The summed E-state index contributed by atoms with van der Waals surface area (Å²) in [7, 11) is 0. The third kappa shape index (κ3) is 5.49. The predicted octanol–water partition coefficient (Wildman–Crippen LogP) is 4.85. The van der Waals surface area contributed by atoms with Gasteiger partial charge in [0.25, 0.3) is 5.91 Å². The van der Waals surface area contributed by atoms with Gasteiger partial charge in [-0.3, -0.25) is 4.79 Å². The molecule has 7 heteroatoms. The fourth-order valence-corrected chi connectivity index (χ4v) is 2.51. The van der Waals surface area contributed by atoms with Gasteiger partial charge in [-0.05, 0) is 61.9 Å². The van der Waals surface area contributed by atoms with Crippen molar-refractivity contribution in [1.82, 2.24) is 5.43 Å². The van der Waals surface area contributed by atoms with Gasteiger partial charge in [-0.2, -0.15) is 5.10 Å². The highest BCUT2D eigenvalue weighted by molar-refractivity contribution is 9.13. The first-order chi connectivity index (χ1) is 11.5. The molecule has 2 aromatic rings. The smallest absolute Gasteiger partial charge is 0.277 e. The van der Waals surface area contributed by atoms with Crippen molar-refractivity contribution in [3.63, 3.8) is 0 Å². The summed E-state index contributed by atoms with van der Waals surface area (Å²) in [6.45, 7) is 4.23. The molecule has 0 aliphatic heterocycles. The molecule has 0 fully saturated rings. The van der Waals surface area contributed by atoms with E-state index in [1.807, 2.05) is 24.3 Å². The molecule has 24 heavy (non-hydrogen) atoms. The zero-order chi connectivity index (χ0) is 17.5. The van der Waals surface area contributed by atoms with E-state index in [0.29, 0.717) is 22.1 Å². The molecule has 0 bridgehead atoms. The van der Waals surface area contributed by atoms with Crippen molar-refractivity contribution in [2.75, 3.05) is 6.61 Å². The van der Waals surface area contributed by atoms with Crippen molar-refractivity contribution in [1.29, 1.82) is 0 Å². The third-order valence-electron chi connectivity index (χ3n) is 3.48. The van der Waals surface area contributed by atoms with Crippen LogP contribution in [0.3, 0.4) is 0 Å². The monoisotopic (exact) mass is 456 g/mol. The SMILES string of the molecule is CCC(C)c1ccc(OCC(=O)N/N=C\c2cc(Br)c(Br)o2)cc1. The number of carbonyl (C=O) groups is 1. The van der Waals surface area contributed by atoms with Crippen LogP contribution in [-0.2, 0) is 4.79 Å². The van der Waals surface area contributed by atoms with Gasteiger partial charge in [-0.15, -0.1) is 0 Å². The number of hydrazone groups is 1. The fraction of sp³-hybridized carbons (Fsp3) is 0.294. The number of ether oxygens (including phenoxy) is 1. The second-order valence-electron chi connectivity index (χ2n) is 5.23. The summed E-state index contributed by atoms with van der Waals surface area (Å²) in [5, 5.41) is 3.82. The maximum absolute atomic E-state index is 11.7. The molecule has 0 saturated carbocycles. The van der Waals surface area contributed by atoms with E-state index in [2.05, 4.69) is 56.2 Å². The van der Waals surface area contributed by atoms with Gasteiger partial charge in [0.05, 0.1) is 10.7 Å². The molecule has 0 saturated heterocycles. The Bertz CT molecular complexity index is 692. The highest BCUT2D eigenvalue weighted by Gasteiger charge is 2.06. The van der Waals surface area contributed by atoms with Crippen molar-refractivity contribution < 1.29 is 13.9 Å². The second-order valence-corrected chi connectivity index (χ2v) is 6.81. The number of halogens is 2. The number of amides is 1. The summed E-state index contributed by atoms with van der Waals surface area (Å²) in [4.78, 5) is 11.7. The molecule has 0 spiro atoms. The van der Waals surface area contributed by atoms with Crippen LogP contribution >= 0.6 is 31.9 Å². The van der Waals surface area contributed by atoms with E-state index in [-0.39, 0.29) is 12.5 Å². The number of hydrogen-bond donors (Lipinski definition) is 1. The van der Waals surface area contributed by atoms with E-state index in [0.717, 1.165) is 10.9 Å². The molecule has 1 N–H and O–H groups in total. The first-order valence-electron chi connectivity index (χ1n) is 7.49. The number of hydrogen-bond acceptors (Lipinski definition) is 4. The molecule has 1 amide bonds. The maximum atomic E-state index is 11.7. The average Bonchev–Trinajstić information content (AvgIpc) is 2.90.